The molecule has 0 saturated heterocycles. The molecule has 0 atom stereocenters. The second-order valence-electron chi connectivity index (χ2n) is 5.44. The summed E-state index contributed by atoms with van der Waals surface area (Å²) in [4.78, 5) is 1.20. The largest absolute Gasteiger partial charge is 0.464 e. The van der Waals surface area contributed by atoms with Gasteiger partial charge in [0.25, 0.3) is 0 Å². The van der Waals surface area contributed by atoms with Crippen molar-refractivity contribution in [1.82, 2.24) is 0 Å². The molecule has 2 heterocycles. The molecule has 0 N–H and O–H groups in total. The van der Waals surface area contributed by atoms with Gasteiger partial charge < -0.3 is 4.42 Å². The van der Waals surface area contributed by atoms with Crippen molar-refractivity contribution in [1.29, 1.82) is 0 Å². The zero-order valence-corrected chi connectivity index (χ0v) is 13.9. The van der Waals surface area contributed by atoms with E-state index in [4.69, 9.17) is 4.42 Å². The molecule has 0 aliphatic rings. The normalized spacial score (nSPS) is 10.5. The molecule has 4 rings (SSSR count). The summed E-state index contributed by atoms with van der Waals surface area (Å²) in [5, 5.41) is 2.10. The fourth-order valence-corrected chi connectivity index (χ4v) is 3.66. The van der Waals surface area contributed by atoms with Crippen LogP contribution >= 0.6 is 11.3 Å². The molecule has 2 aromatic carbocycles. The molecule has 116 valence electrons. The SMILES string of the molecule is c1ccc(C(=C(c2ccco2)c2cccs2)c2ccccc2)cc1. The minimum absolute atomic E-state index is 0.889. The summed E-state index contributed by atoms with van der Waals surface area (Å²) in [5.74, 6) is 0.889. The van der Waals surface area contributed by atoms with Crippen LogP contribution in [0.15, 0.2) is 101 Å². The van der Waals surface area contributed by atoms with E-state index in [0.29, 0.717) is 0 Å². The van der Waals surface area contributed by atoms with Crippen LogP contribution in [-0.4, -0.2) is 0 Å². The molecular weight excluding hydrogens is 312 g/mol. The van der Waals surface area contributed by atoms with Crippen LogP contribution in [0.5, 0.6) is 0 Å². The quantitative estimate of drug-likeness (QED) is 0.425. The van der Waals surface area contributed by atoms with Gasteiger partial charge in [-0.15, -0.1) is 11.3 Å². The van der Waals surface area contributed by atoms with E-state index in [1.165, 1.54) is 21.6 Å². The standard InChI is InChI=1S/C22H16OS/c1-3-9-17(10-4-1)21(18-11-5-2-6-12-18)22(19-13-7-15-23-19)20-14-8-16-24-20/h1-16H. The summed E-state index contributed by atoms with van der Waals surface area (Å²) in [7, 11) is 0. The monoisotopic (exact) mass is 328 g/mol. The number of hydrogen-bond acceptors (Lipinski definition) is 2. The van der Waals surface area contributed by atoms with Crippen LogP contribution in [0.4, 0.5) is 0 Å². The molecular formula is C22H16OS. The Kier molecular flexibility index (Phi) is 4.13. The zero-order chi connectivity index (χ0) is 16.2. The maximum atomic E-state index is 5.79. The van der Waals surface area contributed by atoms with Crippen LogP contribution in [0, 0.1) is 0 Å². The van der Waals surface area contributed by atoms with Crippen molar-refractivity contribution < 1.29 is 4.42 Å². The number of rotatable bonds is 4. The highest BCUT2D eigenvalue weighted by molar-refractivity contribution is 7.11. The predicted molar refractivity (Wildman–Crippen MR) is 101 cm³/mol. The van der Waals surface area contributed by atoms with Crippen molar-refractivity contribution >= 4 is 22.5 Å². The van der Waals surface area contributed by atoms with Gasteiger partial charge in [0.2, 0.25) is 0 Å². The van der Waals surface area contributed by atoms with Crippen LogP contribution in [0.3, 0.4) is 0 Å². The van der Waals surface area contributed by atoms with E-state index in [9.17, 15) is 0 Å². The average Bonchev–Trinajstić information content (AvgIpc) is 3.35. The van der Waals surface area contributed by atoms with Crippen molar-refractivity contribution in [2.75, 3.05) is 0 Å². The van der Waals surface area contributed by atoms with E-state index in [1.54, 1.807) is 17.6 Å². The molecule has 0 bridgehead atoms. The van der Waals surface area contributed by atoms with E-state index >= 15 is 0 Å². The lowest BCUT2D eigenvalue weighted by Crippen LogP contribution is -1.94. The molecule has 0 spiro atoms. The van der Waals surface area contributed by atoms with Crippen LogP contribution in [-0.2, 0) is 0 Å². The molecule has 2 aromatic heterocycles. The van der Waals surface area contributed by atoms with Gasteiger partial charge in [0, 0.05) is 16.0 Å². The van der Waals surface area contributed by atoms with Crippen molar-refractivity contribution in [3.63, 3.8) is 0 Å². The first-order valence-electron chi connectivity index (χ1n) is 7.86. The molecule has 0 amide bonds. The highest BCUT2D eigenvalue weighted by Crippen LogP contribution is 2.38. The Labute approximate surface area is 145 Å². The van der Waals surface area contributed by atoms with Crippen molar-refractivity contribution in [2.45, 2.75) is 0 Å². The number of thiophene rings is 1. The first-order valence-corrected chi connectivity index (χ1v) is 8.74. The molecule has 1 nitrogen and oxygen atoms in total. The Balaban J connectivity index is 2.07. The molecule has 0 saturated carbocycles. The lowest BCUT2D eigenvalue weighted by molar-refractivity contribution is 0.554. The fraction of sp³-hybridized carbons (Fsp3) is 0. The van der Waals surface area contributed by atoms with E-state index < -0.39 is 0 Å². The number of benzene rings is 2. The number of furan rings is 1. The van der Waals surface area contributed by atoms with Crippen LogP contribution < -0.4 is 0 Å². The topological polar surface area (TPSA) is 13.1 Å². The Morgan fingerprint density at radius 2 is 1.29 bits per heavy atom. The smallest absolute Gasteiger partial charge is 0.135 e. The van der Waals surface area contributed by atoms with E-state index in [-0.39, 0.29) is 0 Å². The van der Waals surface area contributed by atoms with Crippen molar-refractivity contribution in [3.05, 3.63) is 118 Å². The van der Waals surface area contributed by atoms with Crippen LogP contribution in [0.1, 0.15) is 21.8 Å². The summed E-state index contributed by atoms with van der Waals surface area (Å²) < 4.78 is 5.79. The second kappa shape index (κ2) is 6.73. The Morgan fingerprint density at radius 1 is 0.625 bits per heavy atom. The zero-order valence-electron chi connectivity index (χ0n) is 13.1. The predicted octanol–water partition coefficient (Wildman–Crippen LogP) is 6.35. The molecule has 24 heavy (non-hydrogen) atoms. The molecule has 0 unspecified atom stereocenters. The molecule has 0 aliphatic carbocycles. The minimum Gasteiger partial charge on any atom is -0.464 e. The van der Waals surface area contributed by atoms with Gasteiger partial charge in [0.05, 0.1) is 6.26 Å². The van der Waals surface area contributed by atoms with Gasteiger partial charge in [-0.2, -0.15) is 0 Å². The van der Waals surface area contributed by atoms with E-state index in [2.05, 4.69) is 66.0 Å². The van der Waals surface area contributed by atoms with Gasteiger partial charge in [-0.25, -0.2) is 0 Å². The summed E-state index contributed by atoms with van der Waals surface area (Å²) in [6.45, 7) is 0. The van der Waals surface area contributed by atoms with Gasteiger partial charge >= 0.3 is 0 Å². The highest BCUT2D eigenvalue weighted by atomic mass is 32.1. The lowest BCUT2D eigenvalue weighted by atomic mass is 9.91. The molecule has 0 aliphatic heterocycles. The first kappa shape index (κ1) is 14.7. The third-order valence-corrected chi connectivity index (χ3v) is 4.80. The second-order valence-corrected chi connectivity index (χ2v) is 6.38. The molecule has 4 aromatic rings. The minimum atomic E-state index is 0.889. The van der Waals surface area contributed by atoms with Gasteiger partial charge in [-0.1, -0.05) is 66.7 Å². The summed E-state index contributed by atoms with van der Waals surface area (Å²) in [6.07, 6.45) is 1.73. The Bertz CT molecular complexity index is 841. The third kappa shape index (κ3) is 2.84. The molecule has 0 fully saturated rings. The lowest BCUT2D eigenvalue weighted by Gasteiger charge is -2.14. The van der Waals surface area contributed by atoms with E-state index in [0.717, 1.165) is 11.3 Å². The first-order chi connectivity index (χ1) is 11.9. The van der Waals surface area contributed by atoms with Crippen LogP contribution in [0.25, 0.3) is 11.1 Å². The maximum absolute atomic E-state index is 5.79. The Morgan fingerprint density at radius 3 is 1.79 bits per heavy atom. The highest BCUT2D eigenvalue weighted by Gasteiger charge is 2.18. The maximum Gasteiger partial charge on any atom is 0.135 e. The van der Waals surface area contributed by atoms with Gasteiger partial charge in [-0.3, -0.25) is 0 Å². The van der Waals surface area contributed by atoms with Gasteiger partial charge in [-0.05, 0) is 34.7 Å². The molecule has 2 heteroatoms. The summed E-state index contributed by atoms with van der Waals surface area (Å²) in [5.41, 5.74) is 4.69. The number of hydrogen-bond donors (Lipinski definition) is 0. The summed E-state index contributed by atoms with van der Waals surface area (Å²) >= 11 is 1.73. The Hall–Kier alpha value is -2.84. The van der Waals surface area contributed by atoms with Crippen LogP contribution in [0.2, 0.25) is 0 Å². The summed E-state index contributed by atoms with van der Waals surface area (Å²) in [6, 6.07) is 29.2. The fourth-order valence-electron chi connectivity index (χ4n) is 2.87. The van der Waals surface area contributed by atoms with Crippen molar-refractivity contribution in [2.24, 2.45) is 0 Å². The average molecular weight is 328 g/mol. The van der Waals surface area contributed by atoms with Gasteiger partial charge in [0.1, 0.15) is 5.76 Å². The molecule has 0 radical (unpaired) electrons. The van der Waals surface area contributed by atoms with Crippen molar-refractivity contribution in [3.8, 4) is 0 Å². The third-order valence-electron chi connectivity index (χ3n) is 3.91. The van der Waals surface area contributed by atoms with Gasteiger partial charge in [0.15, 0.2) is 0 Å². The van der Waals surface area contributed by atoms with E-state index in [1.807, 2.05) is 24.3 Å².